The van der Waals surface area contributed by atoms with Crippen molar-refractivity contribution in [2.24, 2.45) is 0 Å². The van der Waals surface area contributed by atoms with Crippen molar-refractivity contribution < 1.29 is 9.53 Å². The molecule has 0 unspecified atom stereocenters. The van der Waals surface area contributed by atoms with Crippen LogP contribution in [0.15, 0.2) is 23.1 Å². The van der Waals surface area contributed by atoms with Crippen molar-refractivity contribution in [2.75, 3.05) is 0 Å². The number of esters is 1. The van der Waals surface area contributed by atoms with Gasteiger partial charge in [-0.2, -0.15) is 0 Å². The van der Waals surface area contributed by atoms with Crippen molar-refractivity contribution in [3.05, 3.63) is 29.3 Å². The lowest BCUT2D eigenvalue weighted by atomic mass is 10.1. The third kappa shape index (κ3) is 5.26. The molecular weight excluding hydrogens is 232 g/mol. The minimum absolute atomic E-state index is 0.314. The van der Waals surface area contributed by atoms with Crippen molar-refractivity contribution in [3.8, 4) is 0 Å². The number of carbonyl (C=O) groups excluding carboxylic acids is 1. The van der Waals surface area contributed by atoms with E-state index in [1.54, 1.807) is 6.07 Å². The van der Waals surface area contributed by atoms with Crippen molar-refractivity contribution in [2.45, 2.75) is 52.0 Å². The summed E-state index contributed by atoms with van der Waals surface area (Å²) in [5.74, 6) is -0.314. The van der Waals surface area contributed by atoms with Gasteiger partial charge >= 0.3 is 5.97 Å². The highest BCUT2D eigenvalue weighted by Crippen LogP contribution is 2.21. The quantitative estimate of drug-likeness (QED) is 0.598. The first-order valence-electron chi connectivity index (χ1n) is 5.83. The predicted octanol–water partition coefficient (Wildman–Crippen LogP) is 4.27. The van der Waals surface area contributed by atoms with Crippen molar-refractivity contribution in [1.29, 1.82) is 0 Å². The van der Waals surface area contributed by atoms with Gasteiger partial charge in [0.2, 0.25) is 0 Å². The summed E-state index contributed by atoms with van der Waals surface area (Å²) in [7, 11) is 0. The second-order valence-corrected chi connectivity index (χ2v) is 4.95. The van der Waals surface area contributed by atoms with Crippen LogP contribution >= 0.6 is 12.6 Å². The number of thiol groups is 1. The number of benzene rings is 1. The molecule has 0 bridgehead atoms. The summed E-state index contributed by atoms with van der Waals surface area (Å²) in [5, 5.41) is 0. The van der Waals surface area contributed by atoms with E-state index in [-0.39, 0.29) is 5.97 Å². The normalized spacial score (nSPS) is 10.3. The molecule has 0 aliphatic rings. The molecule has 0 heterocycles. The summed E-state index contributed by atoms with van der Waals surface area (Å²) in [6.45, 7) is 11.4. The first-order valence-corrected chi connectivity index (χ1v) is 6.28. The van der Waals surface area contributed by atoms with Crippen LogP contribution in [0, 0.1) is 6.92 Å². The number of hydrogen-bond acceptors (Lipinski definition) is 3. The van der Waals surface area contributed by atoms with Gasteiger partial charge in [0.15, 0.2) is 0 Å². The molecule has 0 radical (unpaired) electrons. The van der Waals surface area contributed by atoms with Crippen LogP contribution in [0.3, 0.4) is 0 Å². The minimum atomic E-state index is -0.473. The lowest BCUT2D eigenvalue weighted by Gasteiger charge is -2.20. The number of carbonyl (C=O) groups is 1. The first kappa shape index (κ1) is 16.0. The molecular formula is C14H22O2S. The molecule has 1 aromatic rings. The summed E-state index contributed by atoms with van der Waals surface area (Å²) in [6, 6.07) is 5.53. The molecule has 0 N–H and O–H groups in total. The van der Waals surface area contributed by atoms with E-state index < -0.39 is 5.60 Å². The number of hydrogen-bond donors (Lipinski definition) is 1. The average molecular weight is 254 g/mol. The highest BCUT2D eigenvalue weighted by atomic mass is 32.1. The summed E-state index contributed by atoms with van der Waals surface area (Å²) >= 11 is 4.26. The minimum Gasteiger partial charge on any atom is -0.456 e. The molecule has 0 saturated heterocycles. The lowest BCUT2D eigenvalue weighted by Crippen LogP contribution is -2.24. The Labute approximate surface area is 110 Å². The van der Waals surface area contributed by atoms with Gasteiger partial charge in [-0.25, -0.2) is 4.79 Å². The Bertz CT molecular complexity index is 358. The van der Waals surface area contributed by atoms with Gasteiger partial charge in [-0.1, -0.05) is 26.0 Å². The molecule has 0 aliphatic carbocycles. The average Bonchev–Trinajstić information content (AvgIpc) is 2.17. The van der Waals surface area contributed by atoms with Gasteiger partial charge in [0, 0.05) is 4.90 Å². The standard InChI is InChI=1S/C12H16O2S.C2H6/c1-8-6-5-7-9(15)10(8)11(13)14-12(2,3)4;1-2/h5-7,15H,1-4H3;1-2H3. The molecule has 0 spiro atoms. The van der Waals surface area contributed by atoms with Crippen LogP contribution in [0.25, 0.3) is 0 Å². The van der Waals surface area contributed by atoms with Gasteiger partial charge in [-0.3, -0.25) is 0 Å². The summed E-state index contributed by atoms with van der Waals surface area (Å²) in [6.07, 6.45) is 0. The molecule has 1 rings (SSSR count). The SMILES string of the molecule is CC.Cc1cccc(S)c1C(=O)OC(C)(C)C. The van der Waals surface area contributed by atoms with Gasteiger partial charge in [0.05, 0.1) is 5.56 Å². The second kappa shape index (κ2) is 6.70. The maximum absolute atomic E-state index is 11.8. The van der Waals surface area contributed by atoms with E-state index in [0.717, 1.165) is 5.56 Å². The van der Waals surface area contributed by atoms with Gasteiger partial charge in [0.25, 0.3) is 0 Å². The molecule has 1 aromatic carbocycles. The molecule has 0 saturated carbocycles. The van der Waals surface area contributed by atoms with Gasteiger partial charge in [0.1, 0.15) is 5.60 Å². The number of ether oxygens (including phenoxy) is 1. The Morgan fingerprint density at radius 3 is 2.18 bits per heavy atom. The Kier molecular flexibility index (Phi) is 6.32. The lowest BCUT2D eigenvalue weighted by molar-refractivity contribution is 0.00649. The molecule has 0 amide bonds. The van der Waals surface area contributed by atoms with Crippen LogP contribution < -0.4 is 0 Å². The maximum atomic E-state index is 11.8. The summed E-state index contributed by atoms with van der Waals surface area (Å²) < 4.78 is 5.30. The highest BCUT2D eigenvalue weighted by molar-refractivity contribution is 7.80. The first-order chi connectivity index (χ1) is 7.81. The topological polar surface area (TPSA) is 26.3 Å². The van der Waals surface area contributed by atoms with E-state index >= 15 is 0 Å². The number of rotatable bonds is 1. The Hall–Kier alpha value is -0.960. The van der Waals surface area contributed by atoms with Crippen LogP contribution in [0.1, 0.15) is 50.5 Å². The molecule has 0 aliphatic heterocycles. The summed E-state index contributed by atoms with van der Waals surface area (Å²) in [4.78, 5) is 12.5. The molecule has 0 fully saturated rings. The molecule has 0 aromatic heterocycles. The zero-order valence-corrected chi connectivity index (χ0v) is 12.4. The Balaban J connectivity index is 0.00000121. The van der Waals surface area contributed by atoms with Crippen LogP contribution in [0.2, 0.25) is 0 Å². The van der Waals surface area contributed by atoms with E-state index in [1.807, 2.05) is 53.7 Å². The van der Waals surface area contributed by atoms with Crippen molar-refractivity contribution >= 4 is 18.6 Å². The van der Waals surface area contributed by atoms with E-state index in [4.69, 9.17) is 4.74 Å². The fourth-order valence-corrected chi connectivity index (χ4v) is 1.60. The maximum Gasteiger partial charge on any atom is 0.340 e. The van der Waals surface area contributed by atoms with Crippen molar-refractivity contribution in [3.63, 3.8) is 0 Å². The van der Waals surface area contributed by atoms with Gasteiger partial charge in [-0.05, 0) is 39.3 Å². The third-order valence-electron chi connectivity index (χ3n) is 1.85. The van der Waals surface area contributed by atoms with Gasteiger partial charge in [-0.15, -0.1) is 12.6 Å². The molecule has 3 heteroatoms. The van der Waals surface area contributed by atoms with Crippen LogP contribution in [-0.2, 0) is 4.74 Å². The van der Waals surface area contributed by atoms with E-state index in [0.29, 0.717) is 10.5 Å². The fraction of sp³-hybridized carbons (Fsp3) is 0.500. The molecule has 17 heavy (non-hydrogen) atoms. The van der Waals surface area contributed by atoms with E-state index in [2.05, 4.69) is 12.6 Å². The molecule has 96 valence electrons. The van der Waals surface area contributed by atoms with Crippen molar-refractivity contribution in [1.82, 2.24) is 0 Å². The molecule has 0 atom stereocenters. The fourth-order valence-electron chi connectivity index (χ4n) is 1.25. The van der Waals surface area contributed by atoms with Gasteiger partial charge < -0.3 is 4.74 Å². The highest BCUT2D eigenvalue weighted by Gasteiger charge is 2.20. The Morgan fingerprint density at radius 2 is 1.76 bits per heavy atom. The second-order valence-electron chi connectivity index (χ2n) is 4.47. The zero-order chi connectivity index (χ0) is 13.6. The van der Waals surface area contributed by atoms with Crippen LogP contribution in [-0.4, -0.2) is 11.6 Å². The Morgan fingerprint density at radius 1 is 1.24 bits per heavy atom. The monoisotopic (exact) mass is 254 g/mol. The van der Waals surface area contributed by atoms with E-state index in [1.165, 1.54) is 0 Å². The van der Waals surface area contributed by atoms with Crippen LogP contribution in [0.5, 0.6) is 0 Å². The zero-order valence-electron chi connectivity index (χ0n) is 11.5. The third-order valence-corrected chi connectivity index (χ3v) is 2.23. The largest absolute Gasteiger partial charge is 0.456 e. The number of aryl methyl sites for hydroxylation is 1. The predicted molar refractivity (Wildman–Crippen MR) is 74.9 cm³/mol. The van der Waals surface area contributed by atoms with E-state index in [9.17, 15) is 4.79 Å². The van der Waals surface area contributed by atoms with Crippen LogP contribution in [0.4, 0.5) is 0 Å². The molecule has 2 nitrogen and oxygen atoms in total. The summed E-state index contributed by atoms with van der Waals surface area (Å²) in [5.41, 5.74) is 0.965. The smallest absolute Gasteiger partial charge is 0.340 e.